The molecule has 1 fully saturated rings. The molecule has 106 valence electrons. The second-order valence-corrected chi connectivity index (χ2v) is 5.71. The maximum Gasteiger partial charge on any atom is 0.123 e. The van der Waals surface area contributed by atoms with E-state index in [0.717, 1.165) is 38.0 Å². The van der Waals surface area contributed by atoms with Crippen LogP contribution in [0.4, 0.5) is 4.39 Å². The van der Waals surface area contributed by atoms with E-state index in [1.807, 2.05) is 6.07 Å². The molecular formula is C16H24FNO. The topological polar surface area (TPSA) is 21.3 Å². The lowest BCUT2D eigenvalue weighted by molar-refractivity contribution is -0.0241. The van der Waals surface area contributed by atoms with Gasteiger partial charge in [-0.1, -0.05) is 26.0 Å². The maximum absolute atomic E-state index is 13.1. The first-order valence-electron chi connectivity index (χ1n) is 7.24. The van der Waals surface area contributed by atoms with Crippen molar-refractivity contribution in [1.29, 1.82) is 0 Å². The van der Waals surface area contributed by atoms with E-state index in [9.17, 15) is 4.39 Å². The van der Waals surface area contributed by atoms with Gasteiger partial charge in [-0.05, 0) is 49.4 Å². The zero-order valence-corrected chi connectivity index (χ0v) is 11.9. The molecule has 2 rings (SSSR count). The van der Waals surface area contributed by atoms with Gasteiger partial charge in [0, 0.05) is 12.6 Å². The van der Waals surface area contributed by atoms with Gasteiger partial charge < -0.3 is 10.1 Å². The van der Waals surface area contributed by atoms with E-state index in [1.165, 1.54) is 6.07 Å². The molecule has 0 radical (unpaired) electrons. The molecule has 1 heterocycles. The predicted octanol–water partition coefficient (Wildman–Crippen LogP) is 3.16. The Kier molecular flexibility index (Phi) is 5.34. The molecule has 0 spiro atoms. The number of hydrogen-bond donors (Lipinski definition) is 1. The van der Waals surface area contributed by atoms with Gasteiger partial charge in [0.25, 0.3) is 0 Å². The fraction of sp³-hybridized carbons (Fsp3) is 0.625. The smallest absolute Gasteiger partial charge is 0.123 e. The molecule has 2 atom stereocenters. The van der Waals surface area contributed by atoms with Crippen LogP contribution in [0.25, 0.3) is 0 Å². The Morgan fingerprint density at radius 2 is 2.26 bits per heavy atom. The largest absolute Gasteiger partial charge is 0.378 e. The Labute approximate surface area is 115 Å². The van der Waals surface area contributed by atoms with Gasteiger partial charge in [0.15, 0.2) is 0 Å². The number of rotatable bonds is 5. The maximum atomic E-state index is 13.1. The molecule has 0 aromatic heterocycles. The molecule has 1 aromatic rings. The van der Waals surface area contributed by atoms with Crippen LogP contribution in [-0.4, -0.2) is 25.3 Å². The average Bonchev–Trinajstić information content (AvgIpc) is 2.39. The monoisotopic (exact) mass is 265 g/mol. The Bertz CT molecular complexity index is 394. The summed E-state index contributed by atoms with van der Waals surface area (Å²) in [5.74, 6) is 0.427. The van der Waals surface area contributed by atoms with E-state index in [1.54, 1.807) is 12.1 Å². The van der Waals surface area contributed by atoms with E-state index < -0.39 is 0 Å². The molecule has 1 saturated heterocycles. The quantitative estimate of drug-likeness (QED) is 0.883. The normalized spacial score (nSPS) is 23.8. The molecule has 1 N–H and O–H groups in total. The molecule has 1 aromatic carbocycles. The van der Waals surface area contributed by atoms with Crippen molar-refractivity contribution >= 4 is 0 Å². The van der Waals surface area contributed by atoms with Crippen molar-refractivity contribution < 1.29 is 9.13 Å². The van der Waals surface area contributed by atoms with Crippen LogP contribution in [-0.2, 0) is 11.2 Å². The standard InChI is InChI=1S/C16H24FNO/c1-12(2)16-11-15(7-9-19-16)18-8-6-13-4-3-5-14(17)10-13/h3-5,10,12,15-16,18H,6-9,11H2,1-2H3. The molecule has 1 aliphatic rings. The third-order valence-corrected chi connectivity index (χ3v) is 3.79. The summed E-state index contributed by atoms with van der Waals surface area (Å²) in [6.07, 6.45) is 3.41. The van der Waals surface area contributed by atoms with Gasteiger partial charge in [0.1, 0.15) is 5.82 Å². The molecule has 0 saturated carbocycles. The number of nitrogens with one attached hydrogen (secondary N) is 1. The number of halogens is 1. The van der Waals surface area contributed by atoms with Crippen LogP contribution in [0.5, 0.6) is 0 Å². The summed E-state index contributed by atoms with van der Waals surface area (Å²) in [5.41, 5.74) is 1.06. The first kappa shape index (κ1) is 14.5. The first-order valence-corrected chi connectivity index (χ1v) is 7.24. The number of hydrogen-bond acceptors (Lipinski definition) is 2. The third-order valence-electron chi connectivity index (χ3n) is 3.79. The summed E-state index contributed by atoms with van der Waals surface area (Å²) in [6.45, 7) is 6.17. The molecular weight excluding hydrogens is 241 g/mol. The average molecular weight is 265 g/mol. The Hall–Kier alpha value is -0.930. The molecule has 0 aliphatic carbocycles. The SMILES string of the molecule is CC(C)C1CC(NCCc2cccc(F)c2)CCO1. The zero-order valence-electron chi connectivity index (χ0n) is 11.9. The van der Waals surface area contributed by atoms with Gasteiger partial charge in [-0.15, -0.1) is 0 Å². The van der Waals surface area contributed by atoms with Gasteiger partial charge in [-0.2, -0.15) is 0 Å². The highest BCUT2D eigenvalue weighted by Crippen LogP contribution is 2.20. The molecule has 0 bridgehead atoms. The van der Waals surface area contributed by atoms with Crippen molar-refractivity contribution in [2.24, 2.45) is 5.92 Å². The van der Waals surface area contributed by atoms with Gasteiger partial charge in [-0.25, -0.2) is 4.39 Å². The van der Waals surface area contributed by atoms with Gasteiger partial charge in [0.05, 0.1) is 6.10 Å². The second kappa shape index (κ2) is 7.01. The minimum atomic E-state index is -0.150. The van der Waals surface area contributed by atoms with E-state index in [4.69, 9.17) is 4.74 Å². The lowest BCUT2D eigenvalue weighted by Gasteiger charge is -2.32. The van der Waals surface area contributed by atoms with Gasteiger partial charge in [0.2, 0.25) is 0 Å². The van der Waals surface area contributed by atoms with E-state index >= 15 is 0 Å². The second-order valence-electron chi connectivity index (χ2n) is 5.71. The van der Waals surface area contributed by atoms with Gasteiger partial charge >= 0.3 is 0 Å². The fourth-order valence-corrected chi connectivity index (χ4v) is 2.59. The molecule has 1 aliphatic heterocycles. The van der Waals surface area contributed by atoms with Crippen LogP contribution >= 0.6 is 0 Å². The van der Waals surface area contributed by atoms with Crippen molar-refractivity contribution in [2.45, 2.75) is 45.3 Å². The molecule has 19 heavy (non-hydrogen) atoms. The molecule has 2 unspecified atom stereocenters. The summed E-state index contributed by atoms with van der Waals surface area (Å²) in [6, 6.07) is 7.39. The lowest BCUT2D eigenvalue weighted by atomic mass is 9.95. The lowest BCUT2D eigenvalue weighted by Crippen LogP contribution is -2.41. The van der Waals surface area contributed by atoms with Crippen LogP contribution in [0.1, 0.15) is 32.3 Å². The highest BCUT2D eigenvalue weighted by molar-refractivity contribution is 5.16. The highest BCUT2D eigenvalue weighted by Gasteiger charge is 2.24. The molecule has 2 nitrogen and oxygen atoms in total. The van der Waals surface area contributed by atoms with Crippen LogP contribution in [0.3, 0.4) is 0 Å². The molecule has 3 heteroatoms. The van der Waals surface area contributed by atoms with Crippen LogP contribution < -0.4 is 5.32 Å². The van der Waals surface area contributed by atoms with Crippen molar-refractivity contribution in [1.82, 2.24) is 5.32 Å². The first-order chi connectivity index (χ1) is 9.15. The predicted molar refractivity (Wildman–Crippen MR) is 75.7 cm³/mol. The van der Waals surface area contributed by atoms with Crippen LogP contribution in [0.15, 0.2) is 24.3 Å². The Morgan fingerprint density at radius 1 is 1.42 bits per heavy atom. The fourth-order valence-electron chi connectivity index (χ4n) is 2.59. The zero-order chi connectivity index (χ0) is 13.7. The van der Waals surface area contributed by atoms with E-state index in [2.05, 4.69) is 19.2 Å². The van der Waals surface area contributed by atoms with Crippen LogP contribution in [0, 0.1) is 11.7 Å². The summed E-state index contributed by atoms with van der Waals surface area (Å²) < 4.78 is 18.8. The summed E-state index contributed by atoms with van der Waals surface area (Å²) in [4.78, 5) is 0. The van der Waals surface area contributed by atoms with Crippen LogP contribution in [0.2, 0.25) is 0 Å². The van der Waals surface area contributed by atoms with Crippen molar-refractivity contribution in [3.8, 4) is 0 Å². The number of ether oxygens (including phenoxy) is 1. The molecule has 0 amide bonds. The Balaban J connectivity index is 1.73. The minimum Gasteiger partial charge on any atom is -0.378 e. The van der Waals surface area contributed by atoms with Crippen molar-refractivity contribution in [2.75, 3.05) is 13.2 Å². The van der Waals surface area contributed by atoms with Gasteiger partial charge in [-0.3, -0.25) is 0 Å². The van der Waals surface area contributed by atoms with Crippen molar-refractivity contribution in [3.63, 3.8) is 0 Å². The third kappa shape index (κ3) is 4.59. The Morgan fingerprint density at radius 3 is 3.00 bits per heavy atom. The summed E-state index contributed by atoms with van der Waals surface area (Å²) in [7, 11) is 0. The van der Waals surface area contributed by atoms with E-state index in [0.29, 0.717) is 18.1 Å². The van der Waals surface area contributed by atoms with Crippen molar-refractivity contribution in [3.05, 3.63) is 35.6 Å². The summed E-state index contributed by atoms with van der Waals surface area (Å²) in [5, 5.41) is 3.57. The highest BCUT2D eigenvalue weighted by atomic mass is 19.1. The van der Waals surface area contributed by atoms with E-state index in [-0.39, 0.29) is 5.82 Å². The summed E-state index contributed by atoms with van der Waals surface area (Å²) >= 11 is 0. The minimum absolute atomic E-state index is 0.150. The number of benzene rings is 1.